The summed E-state index contributed by atoms with van der Waals surface area (Å²) in [7, 11) is 0. The molecule has 1 aliphatic heterocycles. The number of nitrogens with one attached hydrogen (secondary N) is 1. The molecule has 1 atom stereocenters. The number of aliphatic imine (C=N–C) groups is 1. The number of hydrogen-bond donors (Lipinski definition) is 1. The van der Waals surface area contributed by atoms with Gasteiger partial charge in [-0.25, -0.2) is 9.36 Å². The zero-order valence-electron chi connectivity index (χ0n) is 20.7. The van der Waals surface area contributed by atoms with Crippen LogP contribution in [-0.2, 0) is 24.9 Å². The molecule has 11 nitrogen and oxygen atoms in total. The highest BCUT2D eigenvalue weighted by atomic mass is 16.2. The van der Waals surface area contributed by atoms with Crippen LogP contribution in [0.25, 0.3) is 17.3 Å². The minimum absolute atomic E-state index is 0.124. The van der Waals surface area contributed by atoms with Crippen molar-refractivity contribution in [1.29, 1.82) is 0 Å². The predicted octanol–water partition coefficient (Wildman–Crippen LogP) is 2.95. The van der Waals surface area contributed by atoms with Crippen LogP contribution in [0, 0.1) is 5.92 Å². The topological polar surface area (TPSA) is 124 Å². The standard InChI is InChI=1S/C25H30N10O/c1-4-6-21-15-34(23-30-27-17-33(23)14-18(2)3)24(36)35(21)16-25(9-11-26-12-10-25)20-8-5-7-19(13-20)22-28-31-32-29-22/h5,7-9,11-13,15,17-18H,4,6,10,14,16H2,1-3H3,(H,28,29,31,32). The molecule has 0 saturated heterocycles. The van der Waals surface area contributed by atoms with Gasteiger partial charge in [-0.1, -0.05) is 51.5 Å². The van der Waals surface area contributed by atoms with Crippen LogP contribution in [0.4, 0.5) is 0 Å². The highest BCUT2D eigenvalue weighted by Gasteiger charge is 2.33. The fraction of sp³-hybridized carbons (Fsp3) is 0.400. The number of allylic oxidation sites excluding steroid dienone is 1. The van der Waals surface area contributed by atoms with Crippen LogP contribution in [0.3, 0.4) is 0 Å². The molecule has 0 aliphatic carbocycles. The van der Waals surface area contributed by atoms with E-state index in [0.717, 1.165) is 36.2 Å². The van der Waals surface area contributed by atoms with Crippen molar-refractivity contribution in [2.24, 2.45) is 10.9 Å². The van der Waals surface area contributed by atoms with Gasteiger partial charge in [0.2, 0.25) is 11.8 Å². The molecule has 0 spiro atoms. The third kappa shape index (κ3) is 4.43. The van der Waals surface area contributed by atoms with Crippen molar-refractivity contribution in [3.8, 4) is 17.3 Å². The Kier molecular flexibility index (Phi) is 6.45. The number of aryl methyl sites for hydroxylation is 1. The Hall–Kier alpha value is -4.15. The molecule has 5 rings (SSSR count). The Morgan fingerprint density at radius 3 is 2.83 bits per heavy atom. The average molecular weight is 487 g/mol. The molecule has 0 saturated carbocycles. The Balaban J connectivity index is 1.59. The van der Waals surface area contributed by atoms with Gasteiger partial charge < -0.3 is 0 Å². The van der Waals surface area contributed by atoms with Crippen LogP contribution < -0.4 is 5.69 Å². The second kappa shape index (κ2) is 9.84. The van der Waals surface area contributed by atoms with Crippen LogP contribution in [0.1, 0.15) is 44.9 Å². The van der Waals surface area contributed by atoms with E-state index in [1.54, 1.807) is 10.9 Å². The average Bonchev–Trinajstić information content (AvgIpc) is 3.63. The van der Waals surface area contributed by atoms with E-state index in [-0.39, 0.29) is 5.69 Å². The molecular weight excluding hydrogens is 456 g/mol. The highest BCUT2D eigenvalue weighted by Crippen LogP contribution is 2.35. The summed E-state index contributed by atoms with van der Waals surface area (Å²) >= 11 is 0. The summed E-state index contributed by atoms with van der Waals surface area (Å²) in [6, 6.07) is 8.08. The van der Waals surface area contributed by atoms with E-state index in [0.29, 0.717) is 30.7 Å². The molecule has 0 radical (unpaired) electrons. The number of imidazole rings is 1. The number of hydrogen-bond acceptors (Lipinski definition) is 7. The number of tetrazole rings is 1. The third-order valence-electron chi connectivity index (χ3n) is 6.46. The Morgan fingerprint density at radius 2 is 2.11 bits per heavy atom. The summed E-state index contributed by atoms with van der Waals surface area (Å²) in [6.45, 7) is 7.57. The van der Waals surface area contributed by atoms with Crippen LogP contribution >= 0.6 is 0 Å². The second-order valence-electron chi connectivity index (χ2n) is 9.61. The maximum absolute atomic E-state index is 13.9. The summed E-state index contributed by atoms with van der Waals surface area (Å²) < 4.78 is 5.44. The molecule has 1 unspecified atom stereocenters. The van der Waals surface area contributed by atoms with E-state index in [4.69, 9.17) is 0 Å². The van der Waals surface area contributed by atoms with Gasteiger partial charge in [-0.3, -0.25) is 14.1 Å². The largest absolute Gasteiger partial charge is 0.335 e. The fourth-order valence-corrected chi connectivity index (χ4v) is 4.74. The molecule has 11 heteroatoms. The van der Waals surface area contributed by atoms with Crippen molar-refractivity contribution >= 4 is 6.21 Å². The number of aromatic amines is 1. The van der Waals surface area contributed by atoms with Crippen LogP contribution in [0.15, 0.2) is 58.9 Å². The third-order valence-corrected chi connectivity index (χ3v) is 6.46. The molecule has 1 aromatic carbocycles. The van der Waals surface area contributed by atoms with Gasteiger partial charge in [-0.2, -0.15) is 5.21 Å². The Morgan fingerprint density at radius 1 is 1.22 bits per heavy atom. The number of benzene rings is 1. The minimum atomic E-state index is -0.467. The van der Waals surface area contributed by atoms with Gasteiger partial charge in [0.15, 0.2) is 0 Å². The maximum atomic E-state index is 13.9. The van der Waals surface area contributed by atoms with Crippen molar-refractivity contribution in [3.63, 3.8) is 0 Å². The monoisotopic (exact) mass is 486 g/mol. The first kappa shape index (κ1) is 23.6. The first-order valence-corrected chi connectivity index (χ1v) is 12.2. The predicted molar refractivity (Wildman–Crippen MR) is 136 cm³/mol. The molecule has 36 heavy (non-hydrogen) atoms. The maximum Gasteiger partial charge on any atom is 0.335 e. The lowest BCUT2D eigenvalue weighted by Gasteiger charge is -2.32. The van der Waals surface area contributed by atoms with Crippen molar-refractivity contribution in [3.05, 3.63) is 70.8 Å². The van der Waals surface area contributed by atoms with Gasteiger partial charge in [-0.05, 0) is 35.6 Å². The van der Waals surface area contributed by atoms with E-state index < -0.39 is 5.41 Å². The summed E-state index contributed by atoms with van der Waals surface area (Å²) in [5, 5.41) is 22.8. The van der Waals surface area contributed by atoms with Gasteiger partial charge >= 0.3 is 5.69 Å². The Bertz CT molecular complexity index is 1440. The molecule has 1 N–H and O–H groups in total. The molecule has 186 valence electrons. The lowest BCUT2D eigenvalue weighted by molar-refractivity contribution is 0.438. The lowest BCUT2D eigenvalue weighted by atomic mass is 9.76. The molecule has 1 aliphatic rings. The molecule has 0 fully saturated rings. The molecule has 0 bridgehead atoms. The van der Waals surface area contributed by atoms with Gasteiger partial charge in [0.25, 0.3) is 0 Å². The van der Waals surface area contributed by atoms with Gasteiger partial charge in [0, 0.05) is 48.4 Å². The van der Waals surface area contributed by atoms with Crippen molar-refractivity contribution in [1.82, 2.24) is 44.5 Å². The van der Waals surface area contributed by atoms with E-state index in [1.807, 2.05) is 39.9 Å². The first-order chi connectivity index (χ1) is 17.5. The molecular formula is C25H30N10O. The Labute approximate surface area is 208 Å². The van der Waals surface area contributed by atoms with E-state index in [9.17, 15) is 4.79 Å². The summed E-state index contributed by atoms with van der Waals surface area (Å²) in [4.78, 5) is 18.2. The van der Waals surface area contributed by atoms with Crippen molar-refractivity contribution in [2.45, 2.75) is 58.5 Å². The van der Waals surface area contributed by atoms with Gasteiger partial charge in [0.05, 0.1) is 0 Å². The van der Waals surface area contributed by atoms with Crippen LogP contribution in [-0.4, -0.2) is 50.7 Å². The number of nitrogens with zero attached hydrogens (tertiary/aromatic N) is 9. The molecule has 3 aromatic heterocycles. The van der Waals surface area contributed by atoms with E-state index in [2.05, 4.69) is 74.8 Å². The van der Waals surface area contributed by atoms with Crippen molar-refractivity contribution < 1.29 is 0 Å². The zero-order valence-corrected chi connectivity index (χ0v) is 20.7. The number of aromatic nitrogens is 9. The van der Waals surface area contributed by atoms with Crippen LogP contribution in [0.2, 0.25) is 0 Å². The smallest absolute Gasteiger partial charge is 0.299 e. The van der Waals surface area contributed by atoms with E-state index in [1.165, 1.54) is 0 Å². The van der Waals surface area contributed by atoms with Gasteiger partial charge in [0.1, 0.15) is 6.33 Å². The number of H-pyrrole nitrogens is 1. The zero-order chi connectivity index (χ0) is 25.1. The molecule has 0 amide bonds. The quantitative estimate of drug-likeness (QED) is 0.388. The fourth-order valence-electron chi connectivity index (χ4n) is 4.74. The SMILES string of the molecule is CCCc1cn(-c2nncn2CC(C)C)c(=O)n1CC1(c2cccc(-c3nn[nH]n3)c2)C=CN=CC1. The highest BCUT2D eigenvalue weighted by molar-refractivity contribution is 5.65. The minimum Gasteiger partial charge on any atom is -0.299 e. The summed E-state index contributed by atoms with van der Waals surface area (Å²) in [5.74, 6) is 1.47. The van der Waals surface area contributed by atoms with Crippen LogP contribution in [0.5, 0.6) is 0 Å². The summed E-state index contributed by atoms with van der Waals surface area (Å²) in [6.07, 6.45) is 11.7. The first-order valence-electron chi connectivity index (χ1n) is 12.2. The van der Waals surface area contributed by atoms with Gasteiger partial charge in [-0.15, -0.1) is 20.4 Å². The normalized spacial score (nSPS) is 17.3. The second-order valence-corrected chi connectivity index (χ2v) is 9.61. The van der Waals surface area contributed by atoms with Crippen molar-refractivity contribution in [2.75, 3.05) is 0 Å². The number of rotatable bonds is 9. The molecule has 4 heterocycles. The van der Waals surface area contributed by atoms with E-state index >= 15 is 0 Å². The molecule has 4 aromatic rings. The summed E-state index contributed by atoms with van der Waals surface area (Å²) in [5.41, 5.74) is 2.28. The lowest BCUT2D eigenvalue weighted by Crippen LogP contribution is -2.37.